The highest BCUT2D eigenvalue weighted by molar-refractivity contribution is 5.77. The molecule has 126 valence electrons. The third-order valence-corrected chi connectivity index (χ3v) is 4.21. The molecule has 5 nitrogen and oxygen atoms in total. The minimum absolute atomic E-state index is 0.0949. The summed E-state index contributed by atoms with van der Waals surface area (Å²) in [4.78, 5) is 19.1. The lowest BCUT2D eigenvalue weighted by molar-refractivity contribution is -0.877. The van der Waals surface area contributed by atoms with Gasteiger partial charge in [0.2, 0.25) is 0 Å². The lowest BCUT2D eigenvalue weighted by Crippen LogP contribution is -3.09. The molecule has 1 aromatic carbocycles. The van der Waals surface area contributed by atoms with Crippen LogP contribution in [0.5, 0.6) is 0 Å². The molecule has 0 fully saturated rings. The molecule has 0 spiro atoms. The fraction of sp³-hybridized carbons (Fsp3) is 0.556. The van der Waals surface area contributed by atoms with Crippen molar-refractivity contribution in [3.05, 3.63) is 40.4 Å². The van der Waals surface area contributed by atoms with E-state index in [1.807, 2.05) is 28.8 Å². The molecule has 23 heavy (non-hydrogen) atoms. The maximum absolute atomic E-state index is 12.8. The molecule has 0 aliphatic heterocycles. The Morgan fingerprint density at radius 2 is 2.00 bits per heavy atom. The number of benzene rings is 1. The van der Waals surface area contributed by atoms with Crippen LogP contribution < -0.4 is 15.8 Å². The van der Waals surface area contributed by atoms with Gasteiger partial charge >= 0.3 is 0 Å². The van der Waals surface area contributed by atoms with Crippen molar-refractivity contribution in [3.63, 3.8) is 0 Å². The van der Waals surface area contributed by atoms with E-state index < -0.39 is 0 Å². The molecule has 2 aromatic rings. The number of hydrogen-bond donors (Lipinski definition) is 2. The number of nitrogens with one attached hydrogen (secondary N) is 1. The minimum Gasteiger partial charge on any atom is -0.335 e. The highest BCUT2D eigenvalue weighted by atomic mass is 16.1. The molecule has 0 unspecified atom stereocenters. The summed E-state index contributed by atoms with van der Waals surface area (Å²) in [7, 11) is 4.33. The van der Waals surface area contributed by atoms with E-state index in [2.05, 4.69) is 33.3 Å². The van der Waals surface area contributed by atoms with Crippen LogP contribution in [0.2, 0.25) is 0 Å². The van der Waals surface area contributed by atoms with Crippen molar-refractivity contribution in [2.45, 2.75) is 39.3 Å². The van der Waals surface area contributed by atoms with Gasteiger partial charge in [-0.25, -0.2) is 4.98 Å². The zero-order chi connectivity index (χ0) is 16.8. The number of nitrogens with zero attached hydrogens (tertiary/aromatic N) is 2. The Morgan fingerprint density at radius 1 is 1.26 bits per heavy atom. The smallest absolute Gasteiger partial charge is 0.261 e. The first-order chi connectivity index (χ1) is 11.1. The van der Waals surface area contributed by atoms with E-state index in [-0.39, 0.29) is 11.6 Å². The van der Waals surface area contributed by atoms with Crippen LogP contribution in [-0.4, -0.2) is 36.7 Å². The molecule has 1 atom stereocenters. The minimum atomic E-state index is 0.0949. The Balaban J connectivity index is 2.43. The molecule has 0 saturated heterocycles. The summed E-state index contributed by atoms with van der Waals surface area (Å²) in [6, 6.07) is 7.90. The van der Waals surface area contributed by atoms with E-state index in [9.17, 15) is 4.79 Å². The van der Waals surface area contributed by atoms with Gasteiger partial charge in [0.15, 0.2) is 5.82 Å². The van der Waals surface area contributed by atoms with E-state index in [4.69, 9.17) is 4.98 Å². The van der Waals surface area contributed by atoms with Crippen LogP contribution in [0, 0.1) is 0 Å². The molecular weight excluding hydrogens is 288 g/mol. The van der Waals surface area contributed by atoms with E-state index in [1.165, 1.54) is 4.90 Å². The average molecular weight is 318 g/mol. The summed E-state index contributed by atoms with van der Waals surface area (Å²) < 4.78 is 1.88. The normalized spacial score (nSPS) is 12.9. The van der Waals surface area contributed by atoms with Crippen LogP contribution in [0.3, 0.4) is 0 Å². The average Bonchev–Trinajstić information content (AvgIpc) is 2.54. The summed E-state index contributed by atoms with van der Waals surface area (Å²) in [6.45, 7) is 7.14. The van der Waals surface area contributed by atoms with Crippen LogP contribution in [0.25, 0.3) is 10.9 Å². The fourth-order valence-electron chi connectivity index (χ4n) is 2.94. The monoisotopic (exact) mass is 318 g/mol. The molecule has 0 amide bonds. The van der Waals surface area contributed by atoms with Crippen LogP contribution in [-0.2, 0) is 6.54 Å². The SMILES string of the molecule is CCCn1c([C@H](CC)[NH2+]CC[NH+](C)C)nc2ccccc2c1=O. The summed E-state index contributed by atoms with van der Waals surface area (Å²) >= 11 is 0. The second-order valence-corrected chi connectivity index (χ2v) is 6.44. The van der Waals surface area contributed by atoms with Gasteiger partial charge in [0.25, 0.3) is 5.56 Å². The first kappa shape index (κ1) is 17.6. The number of likely N-dealkylation sites (N-methyl/N-ethyl adjacent to an activating group) is 1. The van der Waals surface area contributed by atoms with Gasteiger partial charge in [0.05, 0.1) is 25.0 Å². The fourth-order valence-corrected chi connectivity index (χ4v) is 2.94. The lowest BCUT2D eigenvalue weighted by Gasteiger charge is -2.19. The van der Waals surface area contributed by atoms with Crippen LogP contribution >= 0.6 is 0 Å². The first-order valence-electron chi connectivity index (χ1n) is 8.70. The number of para-hydroxylation sites is 1. The van der Waals surface area contributed by atoms with Gasteiger partial charge < -0.3 is 10.2 Å². The number of hydrogen-bond acceptors (Lipinski definition) is 2. The summed E-state index contributed by atoms with van der Waals surface area (Å²) in [5.74, 6) is 0.923. The Hall–Kier alpha value is -1.72. The van der Waals surface area contributed by atoms with Crippen molar-refractivity contribution in [2.24, 2.45) is 0 Å². The third-order valence-electron chi connectivity index (χ3n) is 4.21. The van der Waals surface area contributed by atoms with Gasteiger partial charge in [-0.1, -0.05) is 26.0 Å². The van der Waals surface area contributed by atoms with Gasteiger partial charge in [-0.2, -0.15) is 0 Å². The van der Waals surface area contributed by atoms with Gasteiger partial charge in [-0.3, -0.25) is 9.36 Å². The molecule has 0 aliphatic carbocycles. The first-order valence-corrected chi connectivity index (χ1v) is 8.70. The number of rotatable bonds is 8. The van der Waals surface area contributed by atoms with Crippen molar-refractivity contribution < 1.29 is 10.2 Å². The molecule has 0 saturated carbocycles. The topological polar surface area (TPSA) is 55.9 Å². The van der Waals surface area contributed by atoms with Crippen LogP contribution in [0.15, 0.2) is 29.1 Å². The molecule has 0 radical (unpaired) electrons. The maximum Gasteiger partial charge on any atom is 0.261 e. The van der Waals surface area contributed by atoms with Gasteiger partial charge in [0, 0.05) is 13.0 Å². The van der Waals surface area contributed by atoms with E-state index >= 15 is 0 Å². The second kappa shape index (κ2) is 8.22. The van der Waals surface area contributed by atoms with Crippen LogP contribution in [0.4, 0.5) is 0 Å². The van der Waals surface area contributed by atoms with Gasteiger partial charge in [-0.05, 0) is 18.6 Å². The van der Waals surface area contributed by atoms with Gasteiger partial charge in [0.1, 0.15) is 19.1 Å². The Bertz CT molecular complexity index is 693. The Kier molecular flexibility index (Phi) is 6.30. The van der Waals surface area contributed by atoms with Crippen molar-refractivity contribution in [1.29, 1.82) is 0 Å². The number of aromatic nitrogens is 2. The number of fused-ring (bicyclic) bond motifs is 1. The third kappa shape index (κ3) is 4.18. The summed E-state index contributed by atoms with van der Waals surface area (Å²) in [6.07, 6.45) is 1.91. The lowest BCUT2D eigenvalue weighted by atomic mass is 10.1. The van der Waals surface area contributed by atoms with Crippen molar-refractivity contribution >= 4 is 10.9 Å². The summed E-state index contributed by atoms with van der Waals surface area (Å²) in [5, 5.41) is 3.05. The predicted molar refractivity (Wildman–Crippen MR) is 93.8 cm³/mol. The number of nitrogens with two attached hydrogens (primary N) is 1. The standard InChI is InChI=1S/C18H28N4O/c1-5-12-22-17(15(6-2)19-11-13-21(3)4)20-16-10-8-7-9-14(16)18(22)23/h7-10,15,19H,5-6,11-13H2,1-4H3/p+2/t15-/m0/s1. The maximum atomic E-state index is 12.8. The van der Waals surface area contributed by atoms with Crippen molar-refractivity contribution in [1.82, 2.24) is 9.55 Å². The molecule has 1 heterocycles. The van der Waals surface area contributed by atoms with Crippen molar-refractivity contribution in [3.8, 4) is 0 Å². The highest BCUT2D eigenvalue weighted by Crippen LogP contribution is 2.14. The number of quaternary nitrogens is 2. The zero-order valence-corrected chi connectivity index (χ0v) is 14.8. The molecule has 2 rings (SSSR count). The van der Waals surface area contributed by atoms with Crippen molar-refractivity contribution in [2.75, 3.05) is 27.2 Å². The van der Waals surface area contributed by atoms with E-state index in [0.29, 0.717) is 0 Å². The quantitative estimate of drug-likeness (QED) is 0.718. The molecule has 3 N–H and O–H groups in total. The summed E-state index contributed by atoms with van der Waals surface area (Å²) in [5.41, 5.74) is 0.905. The largest absolute Gasteiger partial charge is 0.335 e. The zero-order valence-electron chi connectivity index (χ0n) is 14.8. The molecule has 0 aliphatic rings. The molecular formula is C18H30N4O+2. The molecule has 0 bridgehead atoms. The molecule has 1 aromatic heterocycles. The Labute approximate surface area is 138 Å². The van der Waals surface area contributed by atoms with Gasteiger partial charge in [-0.15, -0.1) is 0 Å². The second-order valence-electron chi connectivity index (χ2n) is 6.44. The van der Waals surface area contributed by atoms with E-state index in [0.717, 1.165) is 49.2 Å². The highest BCUT2D eigenvalue weighted by Gasteiger charge is 2.21. The molecule has 5 heteroatoms. The predicted octanol–water partition coefficient (Wildman–Crippen LogP) is -0.0345. The Morgan fingerprint density at radius 3 is 2.65 bits per heavy atom. The van der Waals surface area contributed by atoms with Crippen LogP contribution in [0.1, 0.15) is 38.6 Å². The van der Waals surface area contributed by atoms with E-state index in [1.54, 1.807) is 0 Å².